The van der Waals surface area contributed by atoms with Crippen molar-refractivity contribution in [2.75, 3.05) is 22.9 Å². The van der Waals surface area contributed by atoms with E-state index in [4.69, 9.17) is 5.11 Å². The summed E-state index contributed by atoms with van der Waals surface area (Å²) < 4.78 is 14.7. The first kappa shape index (κ1) is 21.7. The zero-order valence-electron chi connectivity index (χ0n) is 17.7. The van der Waals surface area contributed by atoms with Crippen molar-refractivity contribution in [2.24, 2.45) is 0 Å². The summed E-state index contributed by atoms with van der Waals surface area (Å²) >= 11 is 0. The number of benzene rings is 1. The maximum absolute atomic E-state index is 14.7. The molecule has 1 aliphatic heterocycles. The Balaban J connectivity index is 2.43. The topological polar surface area (TPSA) is 43.8 Å². The quantitative estimate of drug-likeness (QED) is 0.524. The van der Waals surface area contributed by atoms with Gasteiger partial charge in [0.25, 0.3) is 0 Å². The molecule has 0 spiro atoms. The Bertz CT molecular complexity index is 822. The summed E-state index contributed by atoms with van der Waals surface area (Å²) in [5.41, 5.74) is 4.16. The summed E-state index contributed by atoms with van der Waals surface area (Å²) in [6.07, 6.45) is 3.86. The highest BCUT2D eigenvalue weighted by Gasteiger charge is 2.26. The Morgan fingerprint density at radius 1 is 1.04 bits per heavy atom. The van der Waals surface area contributed by atoms with E-state index in [-0.39, 0.29) is 5.83 Å². The van der Waals surface area contributed by atoms with Crippen LogP contribution < -0.4 is 9.80 Å². The molecule has 1 heterocycles. The van der Waals surface area contributed by atoms with Gasteiger partial charge in [-0.2, -0.15) is 0 Å². The number of rotatable bonds is 6. The minimum absolute atomic E-state index is 0.362. The molecule has 0 fully saturated rings. The molecule has 0 aromatic heterocycles. The van der Waals surface area contributed by atoms with Crippen molar-refractivity contribution in [3.63, 3.8) is 0 Å². The van der Waals surface area contributed by atoms with Crippen LogP contribution in [0, 0.1) is 0 Å². The summed E-state index contributed by atoms with van der Waals surface area (Å²) in [5.74, 6) is -1.41. The van der Waals surface area contributed by atoms with E-state index < -0.39 is 5.97 Å². The molecule has 1 aromatic rings. The van der Waals surface area contributed by atoms with Crippen LogP contribution in [0.4, 0.5) is 15.8 Å². The zero-order valence-corrected chi connectivity index (χ0v) is 17.7. The third kappa shape index (κ3) is 5.03. The Hall–Kier alpha value is -2.56. The maximum atomic E-state index is 14.7. The molecule has 0 aliphatic carbocycles. The SMILES string of the molecule is CC(C=CC(F)=C(C)c1ccc2c(c1)N(C(C)C)CCN2C(C)C)=CC(=O)O. The number of carboxylic acid groups (broad SMARTS) is 1. The molecule has 1 aromatic carbocycles. The van der Waals surface area contributed by atoms with Gasteiger partial charge in [-0.15, -0.1) is 0 Å². The highest BCUT2D eigenvalue weighted by Crippen LogP contribution is 2.38. The van der Waals surface area contributed by atoms with Crippen molar-refractivity contribution in [3.8, 4) is 0 Å². The molecule has 2 rings (SSSR count). The number of hydrogen-bond donors (Lipinski definition) is 1. The van der Waals surface area contributed by atoms with Crippen molar-refractivity contribution in [1.29, 1.82) is 0 Å². The number of aliphatic carboxylic acids is 1. The molecule has 5 heteroatoms. The molecule has 0 saturated heterocycles. The molecule has 152 valence electrons. The van der Waals surface area contributed by atoms with Crippen LogP contribution in [-0.4, -0.2) is 36.2 Å². The van der Waals surface area contributed by atoms with Crippen molar-refractivity contribution >= 4 is 22.9 Å². The number of allylic oxidation sites excluding steroid dienone is 5. The first-order chi connectivity index (χ1) is 13.1. The van der Waals surface area contributed by atoms with Crippen molar-refractivity contribution in [3.05, 3.63) is 53.4 Å². The fourth-order valence-electron chi connectivity index (χ4n) is 3.47. The number of hydrogen-bond acceptors (Lipinski definition) is 3. The third-order valence-corrected chi connectivity index (χ3v) is 5.06. The van der Waals surface area contributed by atoms with Crippen LogP contribution in [-0.2, 0) is 4.79 Å². The van der Waals surface area contributed by atoms with E-state index in [0.29, 0.717) is 23.2 Å². The molecular formula is C23H31FN2O2. The third-order valence-electron chi connectivity index (χ3n) is 5.06. The number of anilines is 2. The molecule has 0 bridgehead atoms. The van der Waals surface area contributed by atoms with E-state index in [9.17, 15) is 9.18 Å². The molecular weight excluding hydrogens is 355 g/mol. The first-order valence-corrected chi connectivity index (χ1v) is 9.75. The number of nitrogens with zero attached hydrogens (tertiary/aromatic N) is 2. The van der Waals surface area contributed by atoms with Crippen molar-refractivity contribution in [2.45, 2.75) is 53.6 Å². The van der Waals surface area contributed by atoms with Gasteiger partial charge in [0.05, 0.1) is 11.4 Å². The summed E-state index contributed by atoms with van der Waals surface area (Å²) in [6, 6.07) is 6.86. The Labute approximate surface area is 167 Å². The van der Waals surface area contributed by atoms with E-state index in [1.807, 2.05) is 6.07 Å². The largest absolute Gasteiger partial charge is 0.478 e. The van der Waals surface area contributed by atoms with Gasteiger partial charge in [-0.05, 0) is 76.5 Å². The van der Waals surface area contributed by atoms with Crippen LogP contribution in [0.2, 0.25) is 0 Å². The lowest BCUT2D eigenvalue weighted by atomic mass is 10.0. The second-order valence-electron chi connectivity index (χ2n) is 7.81. The van der Waals surface area contributed by atoms with E-state index in [2.05, 4.69) is 49.6 Å². The highest BCUT2D eigenvalue weighted by molar-refractivity contribution is 5.82. The van der Waals surface area contributed by atoms with Gasteiger partial charge in [0.2, 0.25) is 0 Å². The molecule has 0 radical (unpaired) electrons. The second kappa shape index (κ2) is 9.09. The molecule has 4 nitrogen and oxygen atoms in total. The average molecular weight is 387 g/mol. The Morgan fingerprint density at radius 2 is 1.61 bits per heavy atom. The minimum atomic E-state index is -1.04. The van der Waals surface area contributed by atoms with Crippen LogP contribution >= 0.6 is 0 Å². The Kier molecular flexibility index (Phi) is 7.05. The zero-order chi connectivity index (χ0) is 21.0. The van der Waals surface area contributed by atoms with Gasteiger partial charge in [0.15, 0.2) is 0 Å². The second-order valence-corrected chi connectivity index (χ2v) is 7.81. The first-order valence-electron chi connectivity index (χ1n) is 9.75. The molecule has 0 amide bonds. The monoisotopic (exact) mass is 386 g/mol. The summed E-state index contributed by atoms with van der Waals surface area (Å²) in [7, 11) is 0. The lowest BCUT2D eigenvalue weighted by Crippen LogP contribution is -2.46. The standard InChI is InChI=1S/C23H31FN2O2/c1-15(2)25-11-12-26(16(3)4)22-14-19(8-10-21(22)25)18(6)20(24)9-7-17(5)13-23(27)28/h7-10,13-16H,11-12H2,1-6H3,(H,27,28). The molecule has 0 atom stereocenters. The normalized spacial score (nSPS) is 16.1. The number of halogens is 1. The lowest BCUT2D eigenvalue weighted by molar-refractivity contribution is -0.131. The van der Waals surface area contributed by atoms with Gasteiger partial charge in [0.1, 0.15) is 5.83 Å². The van der Waals surface area contributed by atoms with E-state index in [1.54, 1.807) is 13.8 Å². The van der Waals surface area contributed by atoms with Gasteiger partial charge in [-0.3, -0.25) is 0 Å². The molecule has 0 unspecified atom stereocenters. The summed E-state index contributed by atoms with van der Waals surface area (Å²) in [4.78, 5) is 15.4. The van der Waals surface area contributed by atoms with Gasteiger partial charge >= 0.3 is 5.97 Å². The number of carboxylic acids is 1. The van der Waals surface area contributed by atoms with E-state index in [0.717, 1.165) is 30.4 Å². The predicted octanol–water partition coefficient (Wildman–Crippen LogP) is 5.42. The van der Waals surface area contributed by atoms with Crippen molar-refractivity contribution < 1.29 is 14.3 Å². The fourth-order valence-corrected chi connectivity index (χ4v) is 3.47. The van der Waals surface area contributed by atoms with Crippen LogP contribution in [0.15, 0.2) is 47.8 Å². The summed E-state index contributed by atoms with van der Waals surface area (Å²) in [6.45, 7) is 14.0. The van der Waals surface area contributed by atoms with Gasteiger partial charge in [-0.1, -0.05) is 12.1 Å². The van der Waals surface area contributed by atoms with Gasteiger partial charge < -0.3 is 14.9 Å². The summed E-state index contributed by atoms with van der Waals surface area (Å²) in [5, 5.41) is 8.75. The molecule has 1 aliphatic rings. The van der Waals surface area contributed by atoms with E-state index >= 15 is 0 Å². The molecule has 1 N–H and O–H groups in total. The minimum Gasteiger partial charge on any atom is -0.478 e. The molecule has 0 saturated carbocycles. The number of fused-ring (bicyclic) bond motifs is 1. The van der Waals surface area contributed by atoms with Crippen molar-refractivity contribution in [1.82, 2.24) is 0 Å². The predicted molar refractivity (Wildman–Crippen MR) is 116 cm³/mol. The highest BCUT2D eigenvalue weighted by atomic mass is 19.1. The van der Waals surface area contributed by atoms with E-state index in [1.165, 1.54) is 17.8 Å². The molecule has 28 heavy (non-hydrogen) atoms. The smallest absolute Gasteiger partial charge is 0.328 e. The van der Waals surface area contributed by atoms with Crippen LogP contribution in [0.3, 0.4) is 0 Å². The Morgan fingerprint density at radius 3 is 2.14 bits per heavy atom. The lowest BCUT2D eigenvalue weighted by Gasteiger charge is -2.43. The van der Waals surface area contributed by atoms with Crippen LogP contribution in [0.5, 0.6) is 0 Å². The van der Waals surface area contributed by atoms with Crippen LogP contribution in [0.25, 0.3) is 5.57 Å². The average Bonchev–Trinajstić information content (AvgIpc) is 2.63. The maximum Gasteiger partial charge on any atom is 0.328 e. The number of carbonyl (C=O) groups is 1. The van der Waals surface area contributed by atoms with Gasteiger partial charge in [-0.25, -0.2) is 9.18 Å². The fraction of sp³-hybridized carbons (Fsp3) is 0.435. The van der Waals surface area contributed by atoms with Crippen LogP contribution in [0.1, 0.15) is 47.1 Å². The van der Waals surface area contributed by atoms with Gasteiger partial charge in [0, 0.05) is 31.2 Å².